The van der Waals surface area contributed by atoms with Gasteiger partial charge in [-0.25, -0.2) is 0 Å². The number of nitrogens with zero attached hydrogens (tertiary/aromatic N) is 2. The highest BCUT2D eigenvalue weighted by Gasteiger charge is 2.22. The van der Waals surface area contributed by atoms with Gasteiger partial charge in [-0.3, -0.25) is 8.97 Å². The van der Waals surface area contributed by atoms with E-state index in [1.807, 2.05) is 18.2 Å². The predicted molar refractivity (Wildman–Crippen MR) is 128 cm³/mol. The fraction of sp³-hybridized carbons (Fsp3) is 0.120. The highest BCUT2D eigenvalue weighted by Crippen LogP contribution is 2.40. The highest BCUT2D eigenvalue weighted by atomic mass is 79.9. The third-order valence-corrected chi connectivity index (χ3v) is 7.08. The van der Waals surface area contributed by atoms with Crippen molar-refractivity contribution >= 4 is 66.3 Å². The first-order chi connectivity index (χ1) is 14.4. The summed E-state index contributed by atoms with van der Waals surface area (Å²) >= 11 is 10.4. The maximum atomic E-state index is 6.81. The lowest BCUT2D eigenvalue weighted by molar-refractivity contribution is 0.651. The zero-order chi connectivity index (χ0) is 20.7. The summed E-state index contributed by atoms with van der Waals surface area (Å²) in [6.45, 7) is 6.37. The molecule has 0 aliphatic heterocycles. The maximum absolute atomic E-state index is 6.81. The van der Waals surface area contributed by atoms with Crippen LogP contribution in [0.2, 0.25) is 5.02 Å². The van der Waals surface area contributed by atoms with E-state index >= 15 is 0 Å². The Kier molecular flexibility index (Phi) is 3.72. The van der Waals surface area contributed by atoms with Crippen LogP contribution in [-0.4, -0.2) is 8.97 Å². The number of para-hydroxylation sites is 1. The maximum Gasteiger partial charge on any atom is 0.214 e. The molecule has 3 nitrogen and oxygen atoms in total. The smallest absolute Gasteiger partial charge is 0.214 e. The molecule has 3 aromatic carbocycles. The lowest BCUT2D eigenvalue weighted by Gasteiger charge is -2.12. The molecule has 0 aliphatic carbocycles. The first-order valence-corrected chi connectivity index (χ1v) is 11.0. The summed E-state index contributed by atoms with van der Waals surface area (Å²) in [5.74, 6) is 0. The number of rotatable bonds is 1. The average molecular weight is 478 g/mol. The number of imidazole rings is 1. The van der Waals surface area contributed by atoms with Crippen molar-refractivity contribution in [2.24, 2.45) is 0 Å². The molecule has 0 radical (unpaired) electrons. The summed E-state index contributed by atoms with van der Waals surface area (Å²) in [4.78, 5) is 0. The first kappa shape index (κ1) is 18.1. The number of benzene rings is 3. The van der Waals surface area contributed by atoms with Gasteiger partial charge < -0.3 is 4.42 Å². The summed E-state index contributed by atoms with van der Waals surface area (Å²) < 4.78 is 11.7. The van der Waals surface area contributed by atoms with E-state index in [1.165, 1.54) is 11.1 Å². The molecule has 0 fully saturated rings. The van der Waals surface area contributed by atoms with Gasteiger partial charge in [-0.1, -0.05) is 35.9 Å². The normalized spacial score (nSPS) is 12.2. The molecule has 0 atom stereocenters. The van der Waals surface area contributed by atoms with E-state index in [2.05, 4.69) is 82.1 Å². The Morgan fingerprint density at radius 3 is 2.50 bits per heavy atom. The molecule has 6 rings (SSSR count). The molecule has 3 heterocycles. The van der Waals surface area contributed by atoms with Crippen LogP contribution in [0, 0.1) is 20.8 Å². The van der Waals surface area contributed by atoms with Gasteiger partial charge in [0.25, 0.3) is 0 Å². The molecular formula is C25H18BrClN2O. The van der Waals surface area contributed by atoms with Gasteiger partial charge >= 0.3 is 0 Å². The van der Waals surface area contributed by atoms with Gasteiger partial charge in [0.1, 0.15) is 11.2 Å². The van der Waals surface area contributed by atoms with E-state index in [4.69, 9.17) is 16.0 Å². The van der Waals surface area contributed by atoms with E-state index in [1.54, 1.807) is 0 Å². The minimum Gasteiger partial charge on any atom is -0.439 e. The molecule has 0 aliphatic rings. The molecule has 148 valence electrons. The number of aryl methyl sites for hydroxylation is 3. The van der Waals surface area contributed by atoms with Crippen molar-refractivity contribution in [3.63, 3.8) is 0 Å². The summed E-state index contributed by atoms with van der Waals surface area (Å²) in [6.07, 6.45) is 0. The van der Waals surface area contributed by atoms with Crippen molar-refractivity contribution in [2.75, 3.05) is 0 Å². The monoisotopic (exact) mass is 476 g/mol. The fourth-order valence-electron chi connectivity index (χ4n) is 4.68. The molecule has 0 saturated carbocycles. The largest absolute Gasteiger partial charge is 0.439 e. The van der Waals surface area contributed by atoms with Gasteiger partial charge in [0.2, 0.25) is 5.71 Å². The van der Waals surface area contributed by atoms with Gasteiger partial charge in [-0.2, -0.15) is 0 Å². The number of halogens is 2. The molecule has 0 bridgehead atoms. The molecule has 6 aromatic rings. The third kappa shape index (κ3) is 2.32. The molecular weight excluding hydrogens is 460 g/mol. The third-order valence-electron chi connectivity index (χ3n) is 5.83. The summed E-state index contributed by atoms with van der Waals surface area (Å²) in [7, 11) is 0. The minimum absolute atomic E-state index is 0.697. The van der Waals surface area contributed by atoms with Crippen molar-refractivity contribution < 1.29 is 4.42 Å². The van der Waals surface area contributed by atoms with Crippen LogP contribution >= 0.6 is 27.5 Å². The Hall–Kier alpha value is -2.69. The minimum atomic E-state index is 0.697. The van der Waals surface area contributed by atoms with Crippen LogP contribution in [0.5, 0.6) is 0 Å². The van der Waals surface area contributed by atoms with Gasteiger partial charge in [0, 0.05) is 9.86 Å². The van der Waals surface area contributed by atoms with E-state index < -0.39 is 0 Å². The number of aromatic nitrogens is 2. The standard InChI is InChI=1S/C25H18BrClN2O/c1-13-8-15(3)24-20(11-13)29-22(28(24)19-10-14(2)9-18(26)23(19)27)12-17-16-6-4-5-7-21(16)30-25(17)29/h4-12H,1-3H3. The Labute approximate surface area is 186 Å². The molecule has 3 aromatic heterocycles. The lowest BCUT2D eigenvalue weighted by atomic mass is 10.1. The van der Waals surface area contributed by atoms with E-state index in [-0.39, 0.29) is 0 Å². The van der Waals surface area contributed by atoms with Gasteiger partial charge in [0.05, 0.1) is 27.1 Å². The van der Waals surface area contributed by atoms with Crippen molar-refractivity contribution in [1.82, 2.24) is 8.97 Å². The van der Waals surface area contributed by atoms with Crippen LogP contribution < -0.4 is 0 Å². The highest BCUT2D eigenvalue weighted by molar-refractivity contribution is 9.10. The molecule has 5 heteroatoms. The van der Waals surface area contributed by atoms with Gasteiger partial charge in [-0.15, -0.1) is 0 Å². The summed E-state index contributed by atoms with van der Waals surface area (Å²) in [5, 5.41) is 2.93. The van der Waals surface area contributed by atoms with Gasteiger partial charge in [-0.05, 0) is 83.7 Å². The zero-order valence-electron chi connectivity index (χ0n) is 16.8. The second kappa shape index (κ2) is 6.16. The second-order valence-electron chi connectivity index (χ2n) is 8.02. The van der Waals surface area contributed by atoms with Crippen LogP contribution in [0.4, 0.5) is 0 Å². The Morgan fingerprint density at radius 1 is 0.900 bits per heavy atom. The summed E-state index contributed by atoms with van der Waals surface area (Å²) in [5.41, 5.74) is 9.58. The van der Waals surface area contributed by atoms with Crippen LogP contribution in [-0.2, 0) is 0 Å². The van der Waals surface area contributed by atoms with Crippen molar-refractivity contribution in [2.45, 2.75) is 20.8 Å². The van der Waals surface area contributed by atoms with Crippen LogP contribution in [0.15, 0.2) is 63.5 Å². The number of hydrogen-bond donors (Lipinski definition) is 0. The van der Waals surface area contributed by atoms with Crippen LogP contribution in [0.1, 0.15) is 16.7 Å². The Balaban J connectivity index is 1.90. The van der Waals surface area contributed by atoms with E-state index in [0.717, 1.165) is 54.5 Å². The molecule has 0 saturated heterocycles. The van der Waals surface area contributed by atoms with E-state index in [0.29, 0.717) is 5.02 Å². The zero-order valence-corrected chi connectivity index (χ0v) is 19.1. The number of furan rings is 1. The molecule has 30 heavy (non-hydrogen) atoms. The van der Waals surface area contributed by atoms with Crippen molar-refractivity contribution in [3.8, 4) is 5.69 Å². The lowest BCUT2D eigenvalue weighted by Crippen LogP contribution is -1.98. The second-order valence-corrected chi connectivity index (χ2v) is 9.25. The van der Waals surface area contributed by atoms with Crippen molar-refractivity contribution in [1.29, 1.82) is 0 Å². The Morgan fingerprint density at radius 2 is 1.67 bits per heavy atom. The van der Waals surface area contributed by atoms with Crippen LogP contribution in [0.25, 0.3) is 44.4 Å². The average Bonchev–Trinajstić information content (AvgIpc) is 3.32. The topological polar surface area (TPSA) is 22.5 Å². The van der Waals surface area contributed by atoms with E-state index in [9.17, 15) is 0 Å². The molecule has 0 unspecified atom stereocenters. The Bertz CT molecular complexity index is 1650. The molecule has 0 amide bonds. The number of fused-ring (bicyclic) bond motifs is 7. The molecule has 0 N–H and O–H groups in total. The SMILES string of the molecule is Cc1cc(Br)c(Cl)c(-n2c3c(C)cc(C)cc3n3c4oc5ccccc5c4cc23)c1. The van der Waals surface area contributed by atoms with Crippen LogP contribution in [0.3, 0.4) is 0 Å². The van der Waals surface area contributed by atoms with Crippen molar-refractivity contribution in [3.05, 3.63) is 80.8 Å². The fourth-order valence-corrected chi connectivity index (χ4v) is 5.44. The summed E-state index contributed by atoms with van der Waals surface area (Å²) in [6, 6.07) is 19.0. The first-order valence-electron chi connectivity index (χ1n) is 9.84. The molecule has 0 spiro atoms. The number of hydrogen-bond acceptors (Lipinski definition) is 1. The quantitative estimate of drug-likeness (QED) is 0.234. The van der Waals surface area contributed by atoms with Gasteiger partial charge in [0.15, 0.2) is 0 Å². The predicted octanol–water partition coefficient (Wildman–Crippen LogP) is 8.12.